The largest absolute Gasteiger partial charge is 0.332 e. The molecule has 0 aliphatic rings. The van der Waals surface area contributed by atoms with E-state index in [-0.39, 0.29) is 24.7 Å². The zero-order chi connectivity index (χ0) is 21.3. The highest BCUT2D eigenvalue weighted by molar-refractivity contribution is 7.89. The monoisotopic (exact) mass is 434 g/mol. The van der Waals surface area contributed by atoms with Crippen LogP contribution in [0.3, 0.4) is 0 Å². The van der Waals surface area contributed by atoms with Gasteiger partial charge in [-0.2, -0.15) is 4.31 Å². The minimum absolute atomic E-state index is 0.0490. The summed E-state index contributed by atoms with van der Waals surface area (Å²) in [5, 5.41) is 0. The molecule has 0 radical (unpaired) electrons. The predicted molar refractivity (Wildman–Crippen MR) is 120 cm³/mol. The standard InChI is InChI=1S/C22H30N2O3S2/c1-4-6-15-29(26,27)24(14-5-2)18-22(25)23(16-20-10-8-7-9-11-20)17-21-13-12-19(3)28-21/h5,7-13H,2,4,6,14-18H2,1,3H3. The summed E-state index contributed by atoms with van der Waals surface area (Å²) in [6.45, 7) is 8.50. The van der Waals surface area contributed by atoms with Crippen LogP contribution in [0.15, 0.2) is 55.1 Å². The summed E-state index contributed by atoms with van der Waals surface area (Å²) in [4.78, 5) is 17.1. The Morgan fingerprint density at radius 1 is 1.14 bits per heavy atom. The number of hydrogen-bond donors (Lipinski definition) is 0. The zero-order valence-corrected chi connectivity index (χ0v) is 18.8. The van der Waals surface area contributed by atoms with Gasteiger partial charge in [0, 0.05) is 22.8 Å². The molecule has 0 saturated heterocycles. The molecule has 1 amide bonds. The molecule has 0 bridgehead atoms. The van der Waals surface area contributed by atoms with Crippen LogP contribution in [0.5, 0.6) is 0 Å². The van der Waals surface area contributed by atoms with E-state index in [9.17, 15) is 13.2 Å². The second-order valence-corrected chi connectivity index (χ2v) is 10.5. The van der Waals surface area contributed by atoms with E-state index in [0.717, 1.165) is 16.9 Å². The Morgan fingerprint density at radius 2 is 1.86 bits per heavy atom. The van der Waals surface area contributed by atoms with Crippen molar-refractivity contribution >= 4 is 27.3 Å². The summed E-state index contributed by atoms with van der Waals surface area (Å²) in [6, 6.07) is 13.8. The third-order valence-electron chi connectivity index (χ3n) is 4.51. The topological polar surface area (TPSA) is 57.7 Å². The number of amides is 1. The number of unbranched alkanes of at least 4 members (excludes halogenated alkanes) is 1. The van der Waals surface area contributed by atoms with Gasteiger partial charge in [0.15, 0.2) is 0 Å². The second-order valence-electron chi connectivity index (χ2n) is 7.00. The Labute approximate surface area is 178 Å². The molecular weight excluding hydrogens is 404 g/mol. The van der Waals surface area contributed by atoms with E-state index in [0.29, 0.717) is 19.5 Å². The fraction of sp³-hybridized carbons (Fsp3) is 0.409. The van der Waals surface area contributed by atoms with Crippen molar-refractivity contribution in [2.45, 2.75) is 39.8 Å². The molecule has 0 fully saturated rings. The first-order valence-electron chi connectivity index (χ1n) is 9.81. The van der Waals surface area contributed by atoms with Crippen molar-refractivity contribution in [2.24, 2.45) is 0 Å². The molecule has 0 unspecified atom stereocenters. The zero-order valence-electron chi connectivity index (χ0n) is 17.2. The molecular formula is C22H30N2O3S2. The quantitative estimate of drug-likeness (QED) is 0.470. The molecule has 0 saturated carbocycles. The molecule has 158 valence electrons. The van der Waals surface area contributed by atoms with Gasteiger partial charge in [-0.15, -0.1) is 17.9 Å². The molecule has 1 aromatic heterocycles. The number of carbonyl (C=O) groups is 1. The molecule has 1 heterocycles. The molecule has 29 heavy (non-hydrogen) atoms. The molecule has 2 aromatic rings. The second kappa shape index (κ2) is 11.3. The highest BCUT2D eigenvalue weighted by atomic mass is 32.2. The lowest BCUT2D eigenvalue weighted by Gasteiger charge is -2.26. The maximum atomic E-state index is 13.2. The minimum atomic E-state index is -3.50. The Balaban J connectivity index is 2.20. The fourth-order valence-electron chi connectivity index (χ4n) is 2.92. The van der Waals surface area contributed by atoms with E-state index in [1.54, 1.807) is 16.2 Å². The molecule has 7 heteroatoms. The van der Waals surface area contributed by atoms with Gasteiger partial charge in [-0.1, -0.05) is 49.8 Å². The van der Waals surface area contributed by atoms with E-state index < -0.39 is 10.0 Å². The lowest BCUT2D eigenvalue weighted by Crippen LogP contribution is -2.43. The van der Waals surface area contributed by atoms with Crippen LogP contribution >= 0.6 is 11.3 Å². The smallest absolute Gasteiger partial charge is 0.238 e. The number of rotatable bonds is 12. The van der Waals surface area contributed by atoms with Crippen molar-refractivity contribution in [3.05, 3.63) is 70.4 Å². The fourth-order valence-corrected chi connectivity index (χ4v) is 5.38. The predicted octanol–water partition coefficient (Wildman–Crippen LogP) is 4.20. The average Bonchev–Trinajstić information content (AvgIpc) is 3.11. The van der Waals surface area contributed by atoms with E-state index in [1.807, 2.05) is 56.3 Å². The third-order valence-corrected chi connectivity index (χ3v) is 7.36. The minimum Gasteiger partial charge on any atom is -0.332 e. The highest BCUT2D eigenvalue weighted by Crippen LogP contribution is 2.19. The molecule has 1 aromatic carbocycles. The van der Waals surface area contributed by atoms with Gasteiger partial charge in [0.05, 0.1) is 18.8 Å². The number of nitrogens with zero attached hydrogens (tertiary/aromatic N) is 2. The Morgan fingerprint density at radius 3 is 2.45 bits per heavy atom. The van der Waals surface area contributed by atoms with Crippen LogP contribution in [-0.2, 0) is 27.9 Å². The van der Waals surface area contributed by atoms with Crippen LogP contribution in [0.4, 0.5) is 0 Å². The van der Waals surface area contributed by atoms with E-state index in [1.165, 1.54) is 15.3 Å². The van der Waals surface area contributed by atoms with Gasteiger partial charge >= 0.3 is 0 Å². The summed E-state index contributed by atoms with van der Waals surface area (Å²) in [7, 11) is -3.50. The van der Waals surface area contributed by atoms with Crippen LogP contribution in [0, 0.1) is 6.92 Å². The molecule has 0 spiro atoms. The van der Waals surface area contributed by atoms with Crippen molar-refractivity contribution in [2.75, 3.05) is 18.8 Å². The number of carbonyl (C=O) groups excluding carboxylic acids is 1. The maximum Gasteiger partial charge on any atom is 0.238 e. The molecule has 5 nitrogen and oxygen atoms in total. The van der Waals surface area contributed by atoms with E-state index in [4.69, 9.17) is 0 Å². The molecule has 0 aliphatic heterocycles. The van der Waals surface area contributed by atoms with Crippen LogP contribution < -0.4 is 0 Å². The lowest BCUT2D eigenvalue weighted by atomic mass is 10.2. The van der Waals surface area contributed by atoms with Crippen molar-refractivity contribution in [1.29, 1.82) is 0 Å². The number of benzene rings is 1. The maximum absolute atomic E-state index is 13.2. The van der Waals surface area contributed by atoms with Crippen LogP contribution in [0.2, 0.25) is 0 Å². The normalized spacial score (nSPS) is 11.6. The molecule has 0 N–H and O–H groups in total. The first kappa shape index (κ1) is 23.3. The van der Waals surface area contributed by atoms with Gasteiger partial charge in [0.1, 0.15) is 0 Å². The Hall–Kier alpha value is -1.96. The highest BCUT2D eigenvalue weighted by Gasteiger charge is 2.26. The van der Waals surface area contributed by atoms with Gasteiger partial charge in [0.2, 0.25) is 15.9 Å². The van der Waals surface area contributed by atoms with Crippen molar-refractivity contribution in [3.63, 3.8) is 0 Å². The number of aryl methyl sites for hydroxylation is 1. The number of hydrogen-bond acceptors (Lipinski definition) is 4. The van der Waals surface area contributed by atoms with Gasteiger partial charge < -0.3 is 4.90 Å². The van der Waals surface area contributed by atoms with Gasteiger partial charge in [-0.05, 0) is 31.0 Å². The summed E-state index contributed by atoms with van der Waals surface area (Å²) >= 11 is 1.65. The lowest BCUT2D eigenvalue weighted by molar-refractivity contribution is -0.132. The summed E-state index contributed by atoms with van der Waals surface area (Å²) < 4.78 is 26.6. The molecule has 0 atom stereocenters. The summed E-state index contributed by atoms with van der Waals surface area (Å²) in [5.41, 5.74) is 1.01. The summed E-state index contributed by atoms with van der Waals surface area (Å²) in [6.07, 6.45) is 2.89. The molecule has 2 rings (SSSR count). The van der Waals surface area contributed by atoms with Crippen LogP contribution in [-0.4, -0.2) is 42.4 Å². The first-order valence-corrected chi connectivity index (χ1v) is 12.2. The van der Waals surface area contributed by atoms with E-state index in [2.05, 4.69) is 6.58 Å². The Kier molecular flexibility index (Phi) is 9.07. The van der Waals surface area contributed by atoms with E-state index >= 15 is 0 Å². The van der Waals surface area contributed by atoms with Crippen molar-refractivity contribution in [3.8, 4) is 0 Å². The number of sulfonamides is 1. The SMILES string of the molecule is C=CCN(CC(=O)N(Cc1ccccc1)Cc1ccc(C)s1)S(=O)(=O)CCCC. The van der Waals surface area contributed by atoms with Gasteiger partial charge in [0.25, 0.3) is 0 Å². The van der Waals surface area contributed by atoms with Gasteiger partial charge in [-0.3, -0.25) is 4.79 Å². The number of thiophene rings is 1. The molecule has 0 aliphatic carbocycles. The summed E-state index contributed by atoms with van der Waals surface area (Å²) in [5.74, 6) is -0.158. The van der Waals surface area contributed by atoms with Crippen LogP contribution in [0.25, 0.3) is 0 Å². The first-order chi connectivity index (χ1) is 13.9. The van der Waals surface area contributed by atoms with Crippen LogP contribution in [0.1, 0.15) is 35.1 Å². The Bertz CT molecular complexity index is 892. The van der Waals surface area contributed by atoms with Crippen molar-refractivity contribution in [1.82, 2.24) is 9.21 Å². The third kappa shape index (κ3) is 7.42. The average molecular weight is 435 g/mol. The van der Waals surface area contributed by atoms with Crippen molar-refractivity contribution < 1.29 is 13.2 Å². The van der Waals surface area contributed by atoms with Gasteiger partial charge in [-0.25, -0.2) is 8.42 Å².